The Morgan fingerprint density at radius 3 is 1.43 bits per heavy atom. The molecule has 244 valence electrons. The summed E-state index contributed by atoms with van der Waals surface area (Å²) in [6, 6.07) is 51.9. The first-order valence-electron chi connectivity index (χ1n) is 17.8. The first-order valence-corrected chi connectivity index (χ1v) is 17.8. The normalized spacial score (nSPS) is 17.2. The van der Waals surface area contributed by atoms with Crippen LogP contribution in [0, 0.1) is 5.41 Å². The highest BCUT2D eigenvalue weighted by Crippen LogP contribution is 2.62. The molecule has 8 rings (SSSR count). The third-order valence-corrected chi connectivity index (χ3v) is 13.0. The predicted octanol–water partition coefficient (Wildman–Crippen LogP) is 13.4. The second-order valence-corrected chi connectivity index (χ2v) is 16.3. The second-order valence-electron chi connectivity index (χ2n) is 16.3. The summed E-state index contributed by atoms with van der Waals surface area (Å²) in [5.41, 5.74) is 17.1. The smallest absolute Gasteiger partial charge is 0.0465 e. The lowest BCUT2D eigenvalue weighted by molar-refractivity contribution is 0.125. The molecule has 49 heavy (non-hydrogen) atoms. The monoisotopic (exact) mass is 637 g/mol. The Morgan fingerprint density at radius 1 is 0.347 bits per heavy atom. The molecule has 2 aliphatic carbocycles. The summed E-state index contributed by atoms with van der Waals surface area (Å²) in [6.45, 7) is 19.3. The molecule has 0 N–H and O–H groups in total. The van der Waals surface area contributed by atoms with Crippen LogP contribution < -0.4 is 4.90 Å². The van der Waals surface area contributed by atoms with E-state index >= 15 is 0 Å². The van der Waals surface area contributed by atoms with E-state index in [1.54, 1.807) is 0 Å². The van der Waals surface area contributed by atoms with E-state index in [9.17, 15) is 0 Å². The average Bonchev–Trinajstić information content (AvgIpc) is 3.39. The van der Waals surface area contributed by atoms with Gasteiger partial charge in [-0.3, -0.25) is 0 Å². The van der Waals surface area contributed by atoms with E-state index in [0.717, 1.165) is 11.4 Å². The van der Waals surface area contributed by atoms with Gasteiger partial charge in [0.05, 0.1) is 0 Å². The van der Waals surface area contributed by atoms with Crippen LogP contribution in [0.25, 0.3) is 33.4 Å². The molecule has 0 saturated heterocycles. The number of para-hydroxylation sites is 1. The van der Waals surface area contributed by atoms with Crippen molar-refractivity contribution >= 4 is 17.1 Å². The predicted molar refractivity (Wildman–Crippen MR) is 209 cm³/mol. The number of rotatable bonds is 5. The topological polar surface area (TPSA) is 3.24 Å². The van der Waals surface area contributed by atoms with E-state index in [0.29, 0.717) is 0 Å². The van der Waals surface area contributed by atoms with Crippen molar-refractivity contribution in [1.29, 1.82) is 0 Å². The van der Waals surface area contributed by atoms with Gasteiger partial charge in [0, 0.05) is 22.5 Å². The Balaban J connectivity index is 1.26. The van der Waals surface area contributed by atoms with Gasteiger partial charge in [-0.25, -0.2) is 0 Å². The van der Waals surface area contributed by atoms with Crippen LogP contribution in [-0.4, -0.2) is 0 Å². The maximum absolute atomic E-state index is 2.51. The van der Waals surface area contributed by atoms with Crippen LogP contribution in [0.5, 0.6) is 0 Å². The van der Waals surface area contributed by atoms with Gasteiger partial charge in [0.25, 0.3) is 0 Å². The Labute approximate surface area is 293 Å². The molecular formula is C48H47N. The van der Waals surface area contributed by atoms with Crippen LogP contribution in [0.3, 0.4) is 0 Å². The summed E-state index contributed by atoms with van der Waals surface area (Å²) in [7, 11) is 0. The van der Waals surface area contributed by atoms with Crippen molar-refractivity contribution in [1.82, 2.24) is 0 Å². The zero-order valence-electron chi connectivity index (χ0n) is 30.2. The number of benzene rings is 6. The van der Waals surface area contributed by atoms with Crippen LogP contribution in [0.4, 0.5) is 17.1 Å². The van der Waals surface area contributed by atoms with Crippen LogP contribution in [0.1, 0.15) is 77.6 Å². The first-order chi connectivity index (χ1) is 23.3. The molecule has 0 heterocycles. The fourth-order valence-electron chi connectivity index (χ4n) is 8.83. The Bertz CT molecular complexity index is 2200. The highest BCUT2D eigenvalue weighted by Gasteiger charge is 2.57. The van der Waals surface area contributed by atoms with Crippen molar-refractivity contribution in [2.75, 3.05) is 4.90 Å². The minimum absolute atomic E-state index is 0.0286. The highest BCUT2D eigenvalue weighted by molar-refractivity contribution is 5.88. The molecule has 2 aliphatic rings. The van der Waals surface area contributed by atoms with Gasteiger partial charge in [-0.05, 0) is 120 Å². The highest BCUT2D eigenvalue weighted by atomic mass is 15.1. The van der Waals surface area contributed by atoms with Gasteiger partial charge in [-0.15, -0.1) is 0 Å². The molecule has 0 fully saturated rings. The summed E-state index contributed by atoms with van der Waals surface area (Å²) in [4.78, 5) is 2.40. The average molecular weight is 638 g/mol. The largest absolute Gasteiger partial charge is 0.310 e. The molecule has 0 unspecified atom stereocenters. The number of hydrogen-bond donors (Lipinski definition) is 0. The quantitative estimate of drug-likeness (QED) is 0.182. The van der Waals surface area contributed by atoms with Gasteiger partial charge in [-0.1, -0.05) is 146 Å². The standard InChI is InChI=1S/C48H47N/c1-45(2)41-22-16-15-21-37(41)38-28-27-36(29-42(38)45)49(34-19-13-10-14-20-34)35-25-23-33(24-26-35)40-31-44-43(30-39(40)32-17-11-9-12-18-32)46(3,4)48(7,8)47(44,5)6/h9-31H,1-8H3. The van der Waals surface area contributed by atoms with Crippen molar-refractivity contribution in [3.05, 3.63) is 162 Å². The number of hydrogen-bond acceptors (Lipinski definition) is 1. The van der Waals surface area contributed by atoms with Gasteiger partial charge in [-0.2, -0.15) is 0 Å². The lowest BCUT2D eigenvalue weighted by atomic mass is 9.59. The van der Waals surface area contributed by atoms with Gasteiger partial charge in [0.2, 0.25) is 0 Å². The molecule has 0 aromatic heterocycles. The Kier molecular flexibility index (Phi) is 6.93. The second kappa shape index (κ2) is 10.8. The summed E-state index contributed by atoms with van der Waals surface area (Å²) in [5, 5.41) is 0. The summed E-state index contributed by atoms with van der Waals surface area (Å²) in [6.07, 6.45) is 0. The van der Waals surface area contributed by atoms with Crippen molar-refractivity contribution in [3.63, 3.8) is 0 Å². The lowest BCUT2D eigenvalue weighted by Crippen LogP contribution is -2.42. The molecule has 0 spiro atoms. The third kappa shape index (κ3) is 4.51. The number of anilines is 3. The zero-order valence-corrected chi connectivity index (χ0v) is 30.2. The van der Waals surface area contributed by atoms with Gasteiger partial charge < -0.3 is 4.90 Å². The summed E-state index contributed by atoms with van der Waals surface area (Å²) in [5.74, 6) is 0. The van der Waals surface area contributed by atoms with Crippen LogP contribution in [0.2, 0.25) is 0 Å². The zero-order chi connectivity index (χ0) is 34.3. The van der Waals surface area contributed by atoms with Gasteiger partial charge in [0.1, 0.15) is 0 Å². The van der Waals surface area contributed by atoms with Gasteiger partial charge in [0.15, 0.2) is 0 Å². The molecule has 1 heteroatoms. The van der Waals surface area contributed by atoms with E-state index < -0.39 is 0 Å². The van der Waals surface area contributed by atoms with Crippen molar-refractivity contribution in [2.45, 2.75) is 71.6 Å². The maximum atomic E-state index is 2.51. The van der Waals surface area contributed by atoms with Gasteiger partial charge >= 0.3 is 0 Å². The molecule has 6 aromatic carbocycles. The number of nitrogens with zero attached hydrogens (tertiary/aromatic N) is 1. The van der Waals surface area contributed by atoms with Crippen molar-refractivity contribution in [3.8, 4) is 33.4 Å². The molecule has 6 aromatic rings. The fraction of sp³-hybridized carbons (Fsp3) is 0.250. The van der Waals surface area contributed by atoms with Crippen LogP contribution >= 0.6 is 0 Å². The maximum Gasteiger partial charge on any atom is 0.0465 e. The SMILES string of the molecule is CC1(C)c2ccccc2-c2ccc(N(c3ccccc3)c3ccc(-c4cc5c(cc4-c4ccccc4)C(C)(C)C(C)(C)C5(C)C)cc3)cc21. The van der Waals surface area contributed by atoms with E-state index in [-0.39, 0.29) is 21.7 Å². The molecule has 0 bridgehead atoms. The van der Waals surface area contributed by atoms with Crippen LogP contribution in [0.15, 0.2) is 140 Å². The molecule has 0 amide bonds. The Morgan fingerprint density at radius 2 is 0.816 bits per heavy atom. The molecule has 0 aliphatic heterocycles. The molecule has 0 atom stereocenters. The van der Waals surface area contributed by atoms with Crippen molar-refractivity contribution < 1.29 is 0 Å². The van der Waals surface area contributed by atoms with E-state index in [2.05, 4.69) is 200 Å². The molecular weight excluding hydrogens is 591 g/mol. The van der Waals surface area contributed by atoms with Crippen LogP contribution in [-0.2, 0) is 16.2 Å². The van der Waals surface area contributed by atoms with Crippen molar-refractivity contribution in [2.24, 2.45) is 5.41 Å². The van der Waals surface area contributed by atoms with E-state index in [1.165, 1.54) is 61.3 Å². The molecule has 1 nitrogen and oxygen atoms in total. The van der Waals surface area contributed by atoms with E-state index in [1.807, 2.05) is 0 Å². The fourth-order valence-corrected chi connectivity index (χ4v) is 8.83. The molecule has 0 radical (unpaired) electrons. The minimum atomic E-state index is -0.0630. The summed E-state index contributed by atoms with van der Waals surface area (Å²) < 4.78 is 0. The molecule has 0 saturated carbocycles. The van der Waals surface area contributed by atoms with E-state index in [4.69, 9.17) is 0 Å². The summed E-state index contributed by atoms with van der Waals surface area (Å²) >= 11 is 0. The number of fused-ring (bicyclic) bond motifs is 4. The third-order valence-electron chi connectivity index (χ3n) is 13.0. The first kappa shape index (κ1) is 31.4. The Hall–Kier alpha value is -4.88. The minimum Gasteiger partial charge on any atom is -0.310 e. The lowest BCUT2D eigenvalue weighted by Gasteiger charge is -2.44.